The van der Waals surface area contributed by atoms with Crippen LogP contribution in [0.25, 0.3) is 0 Å². The van der Waals surface area contributed by atoms with E-state index in [0.717, 1.165) is 12.4 Å². The van der Waals surface area contributed by atoms with Gasteiger partial charge in [-0.3, -0.25) is 14.9 Å². The van der Waals surface area contributed by atoms with Crippen LogP contribution in [0, 0.1) is 15.9 Å². The van der Waals surface area contributed by atoms with Gasteiger partial charge in [0, 0.05) is 18.8 Å². The number of nitrogens with zero attached hydrogens (tertiary/aromatic N) is 4. The standard InChI is InChI=1S/C24H17FN4O6/c1-28(24(31)18-8-5-9-19(21(18)30)29(32)33)15-10-12-17(13-11-15)35-23-20(25)22(26-14-27-23)34-16-6-3-2-4-7-16/h2-14,30H,1H3. The van der Waals surface area contributed by atoms with Crippen LogP contribution in [-0.4, -0.2) is 33.0 Å². The Morgan fingerprint density at radius 3 is 2.14 bits per heavy atom. The lowest BCUT2D eigenvalue weighted by Crippen LogP contribution is -2.26. The van der Waals surface area contributed by atoms with Crippen molar-refractivity contribution in [3.05, 3.63) is 101 Å². The first-order valence-electron chi connectivity index (χ1n) is 10.1. The van der Waals surface area contributed by atoms with Gasteiger partial charge < -0.3 is 19.5 Å². The smallest absolute Gasteiger partial charge is 0.311 e. The van der Waals surface area contributed by atoms with Crippen molar-refractivity contribution in [1.82, 2.24) is 9.97 Å². The van der Waals surface area contributed by atoms with E-state index >= 15 is 0 Å². The number of carbonyl (C=O) groups is 1. The molecule has 0 radical (unpaired) electrons. The summed E-state index contributed by atoms with van der Waals surface area (Å²) in [6, 6.07) is 18.2. The molecule has 11 heteroatoms. The largest absolute Gasteiger partial charge is 0.502 e. The Kier molecular flexibility index (Phi) is 6.49. The van der Waals surface area contributed by atoms with Gasteiger partial charge >= 0.3 is 5.69 Å². The number of hydrogen-bond acceptors (Lipinski definition) is 8. The number of para-hydroxylation sites is 2. The lowest BCUT2D eigenvalue weighted by molar-refractivity contribution is -0.385. The minimum Gasteiger partial charge on any atom is -0.502 e. The summed E-state index contributed by atoms with van der Waals surface area (Å²) in [5, 5.41) is 21.1. The molecule has 1 amide bonds. The molecule has 0 aliphatic carbocycles. The number of nitro groups is 1. The molecule has 4 rings (SSSR count). The van der Waals surface area contributed by atoms with Crippen molar-refractivity contribution >= 4 is 17.3 Å². The maximum atomic E-state index is 14.8. The van der Waals surface area contributed by atoms with E-state index in [1.807, 2.05) is 0 Å². The highest BCUT2D eigenvalue weighted by Crippen LogP contribution is 2.32. The molecular formula is C24H17FN4O6. The molecule has 1 heterocycles. The van der Waals surface area contributed by atoms with Crippen LogP contribution >= 0.6 is 0 Å². The quantitative estimate of drug-likeness (QED) is 0.289. The number of halogens is 1. The number of anilines is 1. The first-order valence-corrected chi connectivity index (χ1v) is 10.1. The molecule has 4 aromatic rings. The second kappa shape index (κ2) is 9.83. The Bertz CT molecular complexity index is 1380. The highest BCUT2D eigenvalue weighted by molar-refractivity contribution is 6.08. The summed E-state index contributed by atoms with van der Waals surface area (Å²) in [5.74, 6) is -2.33. The van der Waals surface area contributed by atoms with Crippen LogP contribution < -0.4 is 14.4 Å². The topological polar surface area (TPSA) is 128 Å². The maximum Gasteiger partial charge on any atom is 0.311 e. The van der Waals surface area contributed by atoms with Gasteiger partial charge in [0.2, 0.25) is 11.6 Å². The number of hydrogen-bond donors (Lipinski definition) is 1. The van der Waals surface area contributed by atoms with Crippen LogP contribution in [0.5, 0.6) is 29.0 Å². The molecule has 0 atom stereocenters. The van der Waals surface area contributed by atoms with Gasteiger partial charge in [0.1, 0.15) is 17.8 Å². The van der Waals surface area contributed by atoms with Crippen molar-refractivity contribution in [1.29, 1.82) is 0 Å². The van der Waals surface area contributed by atoms with Gasteiger partial charge in [-0.15, -0.1) is 0 Å². The molecule has 0 saturated heterocycles. The molecule has 1 N–H and O–H groups in total. The summed E-state index contributed by atoms with van der Waals surface area (Å²) in [5.41, 5.74) is -0.406. The Morgan fingerprint density at radius 2 is 1.54 bits per heavy atom. The van der Waals surface area contributed by atoms with Gasteiger partial charge in [-0.2, -0.15) is 14.4 Å². The molecular weight excluding hydrogens is 459 g/mol. The van der Waals surface area contributed by atoms with Crippen LogP contribution in [0.2, 0.25) is 0 Å². The number of phenols is 1. The van der Waals surface area contributed by atoms with Crippen molar-refractivity contribution in [3.8, 4) is 29.0 Å². The molecule has 0 spiro atoms. The zero-order valence-electron chi connectivity index (χ0n) is 18.2. The van der Waals surface area contributed by atoms with E-state index in [1.54, 1.807) is 30.3 Å². The monoisotopic (exact) mass is 476 g/mol. The molecule has 0 unspecified atom stereocenters. The van der Waals surface area contributed by atoms with Gasteiger partial charge in [-0.25, -0.2) is 0 Å². The van der Waals surface area contributed by atoms with Crippen molar-refractivity contribution < 1.29 is 28.7 Å². The average molecular weight is 476 g/mol. The lowest BCUT2D eigenvalue weighted by atomic mass is 10.1. The fourth-order valence-electron chi connectivity index (χ4n) is 3.08. The summed E-state index contributed by atoms with van der Waals surface area (Å²) in [7, 11) is 1.44. The van der Waals surface area contributed by atoms with Crippen molar-refractivity contribution in [2.45, 2.75) is 0 Å². The third-order valence-corrected chi connectivity index (χ3v) is 4.87. The molecule has 10 nitrogen and oxygen atoms in total. The molecule has 176 valence electrons. The van der Waals surface area contributed by atoms with Crippen molar-refractivity contribution in [3.63, 3.8) is 0 Å². The van der Waals surface area contributed by atoms with Gasteiger partial charge in [0.05, 0.1) is 10.5 Å². The molecule has 0 aliphatic heterocycles. The van der Waals surface area contributed by atoms with Crippen LogP contribution in [0.4, 0.5) is 15.8 Å². The number of rotatable bonds is 7. The zero-order chi connectivity index (χ0) is 24.9. The second-order valence-corrected chi connectivity index (χ2v) is 7.10. The molecule has 0 bridgehead atoms. The zero-order valence-corrected chi connectivity index (χ0v) is 18.2. The first kappa shape index (κ1) is 23.1. The third-order valence-electron chi connectivity index (χ3n) is 4.87. The van der Waals surface area contributed by atoms with E-state index in [-0.39, 0.29) is 23.1 Å². The maximum absolute atomic E-state index is 14.8. The van der Waals surface area contributed by atoms with Crippen molar-refractivity contribution in [2.75, 3.05) is 11.9 Å². The molecule has 0 saturated carbocycles. The Hall–Kier alpha value is -5.06. The fraction of sp³-hybridized carbons (Fsp3) is 0.0417. The Labute approximate surface area is 198 Å². The SMILES string of the molecule is CN(C(=O)c1cccc([N+](=O)[O-])c1O)c1ccc(Oc2ncnc(Oc3ccccc3)c2F)cc1. The van der Waals surface area contributed by atoms with E-state index in [0.29, 0.717) is 11.4 Å². The van der Waals surface area contributed by atoms with Gasteiger partial charge in [-0.05, 0) is 42.5 Å². The van der Waals surface area contributed by atoms with Gasteiger partial charge in [0.15, 0.2) is 0 Å². The predicted molar refractivity (Wildman–Crippen MR) is 123 cm³/mol. The Morgan fingerprint density at radius 1 is 0.943 bits per heavy atom. The van der Waals surface area contributed by atoms with Crippen LogP contribution in [0.15, 0.2) is 79.1 Å². The van der Waals surface area contributed by atoms with E-state index in [9.17, 15) is 24.4 Å². The number of amides is 1. The van der Waals surface area contributed by atoms with Crippen LogP contribution in [-0.2, 0) is 0 Å². The molecule has 35 heavy (non-hydrogen) atoms. The second-order valence-electron chi connectivity index (χ2n) is 7.10. The number of carbonyl (C=O) groups excluding carboxylic acids is 1. The molecule has 1 aromatic heterocycles. The highest BCUT2D eigenvalue weighted by Gasteiger charge is 2.24. The van der Waals surface area contributed by atoms with Gasteiger partial charge in [0.25, 0.3) is 17.7 Å². The highest BCUT2D eigenvalue weighted by atomic mass is 19.1. The number of nitro benzene ring substituents is 1. The first-order chi connectivity index (χ1) is 16.8. The summed E-state index contributed by atoms with van der Waals surface area (Å²) in [6.07, 6.45) is 1.10. The summed E-state index contributed by atoms with van der Waals surface area (Å²) < 4.78 is 25.7. The fourth-order valence-corrected chi connectivity index (χ4v) is 3.08. The lowest BCUT2D eigenvalue weighted by Gasteiger charge is -2.18. The van der Waals surface area contributed by atoms with E-state index < -0.39 is 28.1 Å². The summed E-state index contributed by atoms with van der Waals surface area (Å²) in [4.78, 5) is 31.8. The predicted octanol–water partition coefficient (Wildman–Crippen LogP) is 5.09. The third kappa shape index (κ3) is 4.98. The number of phenolic OH excluding ortho intramolecular Hbond substituents is 1. The number of aromatic hydroxyl groups is 1. The number of benzene rings is 3. The molecule has 0 fully saturated rings. The van der Waals surface area contributed by atoms with Crippen LogP contribution in [0.3, 0.4) is 0 Å². The van der Waals surface area contributed by atoms with E-state index in [1.165, 1.54) is 48.3 Å². The number of aromatic nitrogens is 2. The van der Waals surface area contributed by atoms with E-state index in [4.69, 9.17) is 9.47 Å². The molecule has 3 aromatic carbocycles. The van der Waals surface area contributed by atoms with Crippen LogP contribution in [0.1, 0.15) is 10.4 Å². The normalized spacial score (nSPS) is 10.5. The Balaban J connectivity index is 1.50. The van der Waals surface area contributed by atoms with Crippen molar-refractivity contribution in [2.24, 2.45) is 0 Å². The molecule has 0 aliphatic rings. The van der Waals surface area contributed by atoms with Gasteiger partial charge in [-0.1, -0.05) is 24.3 Å². The minimum atomic E-state index is -0.895. The summed E-state index contributed by atoms with van der Waals surface area (Å²) in [6.45, 7) is 0. The minimum absolute atomic E-state index is 0.219. The average Bonchev–Trinajstić information content (AvgIpc) is 2.86. The number of ether oxygens (including phenoxy) is 2. The van der Waals surface area contributed by atoms with E-state index in [2.05, 4.69) is 9.97 Å². The summed E-state index contributed by atoms with van der Waals surface area (Å²) >= 11 is 0.